The molecular formula is C12H14Br2. The van der Waals surface area contributed by atoms with Crippen LogP contribution in [0.3, 0.4) is 0 Å². The zero-order chi connectivity index (χ0) is 10.4. The van der Waals surface area contributed by atoms with Crippen molar-refractivity contribution in [3.05, 3.63) is 38.8 Å². The second-order valence-electron chi connectivity index (χ2n) is 3.28. The second-order valence-corrected chi connectivity index (χ2v) is 6.05. The van der Waals surface area contributed by atoms with Crippen LogP contribution < -0.4 is 0 Å². The third kappa shape index (κ3) is 4.43. The first kappa shape index (κ1) is 12.0. The van der Waals surface area contributed by atoms with Crippen molar-refractivity contribution < 1.29 is 0 Å². The van der Waals surface area contributed by atoms with Crippen LogP contribution in [0, 0.1) is 0 Å². The second kappa shape index (κ2) is 6.41. The van der Waals surface area contributed by atoms with Crippen molar-refractivity contribution in [2.45, 2.75) is 26.2 Å². The summed E-state index contributed by atoms with van der Waals surface area (Å²) in [5, 5.41) is 0. The van der Waals surface area contributed by atoms with E-state index in [4.69, 9.17) is 0 Å². The quantitative estimate of drug-likeness (QED) is 0.723. The Morgan fingerprint density at radius 2 is 1.86 bits per heavy atom. The molecule has 76 valence electrons. The average Bonchev–Trinajstić information content (AvgIpc) is 2.16. The van der Waals surface area contributed by atoms with Crippen molar-refractivity contribution in [2.24, 2.45) is 0 Å². The highest BCUT2D eigenvalue weighted by atomic mass is 79.9. The van der Waals surface area contributed by atoms with Crippen LogP contribution in [-0.2, 0) is 6.42 Å². The van der Waals surface area contributed by atoms with Gasteiger partial charge in [-0.25, -0.2) is 0 Å². The Labute approximate surface area is 103 Å². The molecule has 0 aliphatic rings. The number of benzene rings is 1. The van der Waals surface area contributed by atoms with Crippen molar-refractivity contribution >= 4 is 37.9 Å². The number of hydrogen-bond acceptors (Lipinski definition) is 0. The van der Waals surface area contributed by atoms with Crippen molar-refractivity contribution in [2.75, 3.05) is 0 Å². The number of rotatable bonds is 4. The third-order valence-electron chi connectivity index (χ3n) is 2.07. The van der Waals surface area contributed by atoms with Crippen molar-refractivity contribution in [3.8, 4) is 0 Å². The first-order chi connectivity index (χ1) is 6.72. The minimum absolute atomic E-state index is 0.978. The van der Waals surface area contributed by atoms with Crippen LogP contribution in [-0.4, -0.2) is 0 Å². The average molecular weight is 318 g/mol. The van der Waals surface area contributed by atoms with Gasteiger partial charge in [-0.2, -0.15) is 0 Å². The summed E-state index contributed by atoms with van der Waals surface area (Å²) in [4.78, 5) is 0. The highest BCUT2D eigenvalue weighted by Crippen LogP contribution is 2.18. The van der Waals surface area contributed by atoms with Gasteiger partial charge in [0.15, 0.2) is 0 Å². The van der Waals surface area contributed by atoms with E-state index in [9.17, 15) is 0 Å². The van der Waals surface area contributed by atoms with E-state index < -0.39 is 0 Å². The SMILES string of the molecule is CCCCc1ccc(C=C(Br)Br)cc1. The standard InChI is InChI=1S/C12H14Br2/c1-2-3-4-10-5-7-11(8-6-10)9-12(13)14/h5-9H,2-4H2,1H3. The van der Waals surface area contributed by atoms with E-state index in [1.807, 2.05) is 6.08 Å². The third-order valence-corrected chi connectivity index (χ3v) is 2.53. The molecule has 0 N–H and O–H groups in total. The van der Waals surface area contributed by atoms with Gasteiger partial charge in [-0.05, 0) is 61.9 Å². The lowest BCUT2D eigenvalue weighted by atomic mass is 10.1. The number of aryl methyl sites for hydroxylation is 1. The molecule has 0 nitrogen and oxygen atoms in total. The Morgan fingerprint density at radius 3 is 2.36 bits per heavy atom. The molecular weight excluding hydrogens is 304 g/mol. The van der Waals surface area contributed by atoms with Gasteiger partial charge in [0.2, 0.25) is 0 Å². The van der Waals surface area contributed by atoms with Crippen LogP contribution >= 0.6 is 31.9 Å². The maximum atomic E-state index is 3.35. The van der Waals surface area contributed by atoms with Crippen LogP contribution in [0.15, 0.2) is 27.7 Å². The van der Waals surface area contributed by atoms with Gasteiger partial charge in [-0.3, -0.25) is 0 Å². The Kier molecular flexibility index (Phi) is 5.49. The normalized spacial score (nSPS) is 9.93. The monoisotopic (exact) mass is 316 g/mol. The molecule has 0 fully saturated rings. The maximum Gasteiger partial charge on any atom is 0.0610 e. The number of halogens is 2. The van der Waals surface area contributed by atoms with Crippen molar-refractivity contribution in [1.29, 1.82) is 0 Å². The molecule has 0 aliphatic heterocycles. The van der Waals surface area contributed by atoms with Gasteiger partial charge in [0.1, 0.15) is 0 Å². The van der Waals surface area contributed by atoms with E-state index >= 15 is 0 Å². The van der Waals surface area contributed by atoms with Gasteiger partial charge in [0.05, 0.1) is 3.39 Å². The Bertz CT molecular complexity index is 295. The summed E-state index contributed by atoms with van der Waals surface area (Å²) in [6.07, 6.45) is 5.77. The maximum absolute atomic E-state index is 3.35. The fraction of sp³-hybridized carbons (Fsp3) is 0.333. The summed E-state index contributed by atoms with van der Waals surface area (Å²) < 4.78 is 0.978. The van der Waals surface area contributed by atoms with Gasteiger partial charge in [-0.1, -0.05) is 37.6 Å². The van der Waals surface area contributed by atoms with Crippen LogP contribution in [0.5, 0.6) is 0 Å². The minimum Gasteiger partial charge on any atom is -0.0654 e. The van der Waals surface area contributed by atoms with E-state index in [1.165, 1.54) is 30.4 Å². The summed E-state index contributed by atoms with van der Waals surface area (Å²) >= 11 is 6.70. The predicted molar refractivity (Wildman–Crippen MR) is 70.9 cm³/mol. The van der Waals surface area contributed by atoms with Gasteiger partial charge in [0, 0.05) is 0 Å². The zero-order valence-corrected chi connectivity index (χ0v) is 11.4. The molecule has 0 unspecified atom stereocenters. The molecule has 0 aromatic heterocycles. The van der Waals surface area contributed by atoms with Crippen LogP contribution in [0.2, 0.25) is 0 Å². The Hall–Kier alpha value is -0.0800. The van der Waals surface area contributed by atoms with Gasteiger partial charge in [0.25, 0.3) is 0 Å². The van der Waals surface area contributed by atoms with E-state index in [0.717, 1.165) is 3.39 Å². The zero-order valence-electron chi connectivity index (χ0n) is 8.26. The molecule has 0 heterocycles. The molecule has 0 saturated carbocycles. The van der Waals surface area contributed by atoms with Crippen molar-refractivity contribution in [3.63, 3.8) is 0 Å². The topological polar surface area (TPSA) is 0 Å². The molecule has 0 radical (unpaired) electrons. The van der Waals surface area contributed by atoms with Gasteiger partial charge >= 0.3 is 0 Å². The Morgan fingerprint density at radius 1 is 1.21 bits per heavy atom. The lowest BCUT2D eigenvalue weighted by molar-refractivity contribution is 0.795. The largest absolute Gasteiger partial charge is 0.0654 e. The minimum atomic E-state index is 0.978. The summed E-state index contributed by atoms with van der Waals surface area (Å²) in [7, 11) is 0. The molecule has 0 spiro atoms. The highest BCUT2D eigenvalue weighted by molar-refractivity contribution is 9.28. The van der Waals surface area contributed by atoms with E-state index in [2.05, 4.69) is 63.0 Å². The first-order valence-corrected chi connectivity index (χ1v) is 6.42. The first-order valence-electron chi connectivity index (χ1n) is 4.84. The molecule has 2 heteroatoms. The lowest BCUT2D eigenvalue weighted by Gasteiger charge is -2.00. The molecule has 0 bridgehead atoms. The summed E-state index contributed by atoms with van der Waals surface area (Å²) in [5.74, 6) is 0. The van der Waals surface area contributed by atoms with Crippen molar-refractivity contribution in [1.82, 2.24) is 0 Å². The molecule has 14 heavy (non-hydrogen) atoms. The molecule has 0 saturated heterocycles. The molecule has 1 rings (SSSR count). The fourth-order valence-electron chi connectivity index (χ4n) is 1.29. The Balaban J connectivity index is 2.64. The summed E-state index contributed by atoms with van der Waals surface area (Å²) in [6, 6.07) is 8.69. The van der Waals surface area contributed by atoms with Crippen LogP contribution in [0.4, 0.5) is 0 Å². The number of unbranched alkanes of at least 4 members (excludes halogenated alkanes) is 1. The van der Waals surface area contributed by atoms with E-state index in [0.29, 0.717) is 0 Å². The molecule has 1 aromatic carbocycles. The van der Waals surface area contributed by atoms with Crippen LogP contribution in [0.25, 0.3) is 6.08 Å². The van der Waals surface area contributed by atoms with Gasteiger partial charge in [-0.15, -0.1) is 0 Å². The summed E-state index contributed by atoms with van der Waals surface area (Å²) in [6.45, 7) is 2.22. The van der Waals surface area contributed by atoms with Gasteiger partial charge < -0.3 is 0 Å². The molecule has 0 amide bonds. The highest BCUT2D eigenvalue weighted by Gasteiger charge is 1.93. The number of hydrogen-bond donors (Lipinski definition) is 0. The van der Waals surface area contributed by atoms with E-state index in [-0.39, 0.29) is 0 Å². The fourth-order valence-corrected chi connectivity index (χ4v) is 1.82. The van der Waals surface area contributed by atoms with E-state index in [1.54, 1.807) is 0 Å². The lowest BCUT2D eigenvalue weighted by Crippen LogP contribution is -1.84. The van der Waals surface area contributed by atoms with Crippen LogP contribution in [0.1, 0.15) is 30.9 Å². The molecule has 0 atom stereocenters. The molecule has 1 aromatic rings. The molecule has 0 aliphatic carbocycles. The summed E-state index contributed by atoms with van der Waals surface area (Å²) in [5.41, 5.74) is 2.64. The smallest absolute Gasteiger partial charge is 0.0610 e. The predicted octanol–water partition coefficient (Wildman–Crippen LogP) is 5.12.